The van der Waals surface area contributed by atoms with E-state index in [9.17, 15) is 35.7 Å². The Kier molecular flexibility index (Phi) is 9.07. The molecule has 8 atom stereocenters. The number of methoxy groups -OCH3 is 3. The van der Waals surface area contributed by atoms with Crippen molar-refractivity contribution in [3.05, 3.63) is 41.0 Å². The number of phenols is 2. The Morgan fingerprint density at radius 2 is 1.46 bits per heavy atom. The van der Waals surface area contributed by atoms with Crippen molar-refractivity contribution >= 4 is 0 Å². The number of phenolic OH excluding ortho intramolecular Hbond substituents is 2. The lowest BCUT2D eigenvalue weighted by atomic mass is 9.66. The summed E-state index contributed by atoms with van der Waals surface area (Å²) in [6.07, 6.45) is -6.82. The van der Waals surface area contributed by atoms with E-state index < -0.39 is 49.1 Å². The van der Waals surface area contributed by atoms with Gasteiger partial charge in [-0.1, -0.05) is 0 Å². The van der Waals surface area contributed by atoms with E-state index in [0.29, 0.717) is 12.0 Å². The second-order valence-electron chi connectivity index (χ2n) is 9.82. The van der Waals surface area contributed by atoms with Gasteiger partial charge in [0, 0.05) is 12.5 Å². The lowest BCUT2D eigenvalue weighted by Crippen LogP contribution is -2.59. The molecule has 12 nitrogen and oxygen atoms in total. The van der Waals surface area contributed by atoms with E-state index in [2.05, 4.69) is 0 Å². The largest absolute Gasteiger partial charge is 0.504 e. The summed E-state index contributed by atoms with van der Waals surface area (Å²) in [5.41, 5.74) is 2.17. The second-order valence-corrected chi connectivity index (χ2v) is 9.82. The van der Waals surface area contributed by atoms with Crippen LogP contribution in [0, 0.1) is 11.8 Å². The van der Waals surface area contributed by atoms with E-state index in [1.165, 1.54) is 21.3 Å². The third kappa shape index (κ3) is 5.46. The molecule has 7 N–H and O–H groups in total. The van der Waals surface area contributed by atoms with Crippen molar-refractivity contribution in [3.63, 3.8) is 0 Å². The van der Waals surface area contributed by atoms with Gasteiger partial charge in [0.1, 0.15) is 24.4 Å². The van der Waals surface area contributed by atoms with E-state index >= 15 is 0 Å². The van der Waals surface area contributed by atoms with Crippen molar-refractivity contribution < 1.29 is 59.4 Å². The lowest BCUT2D eigenvalue weighted by Gasteiger charge is -2.43. The van der Waals surface area contributed by atoms with Gasteiger partial charge in [0.2, 0.25) is 5.75 Å². The highest BCUT2D eigenvalue weighted by Crippen LogP contribution is 2.50. The molecule has 1 aliphatic heterocycles. The molecule has 0 spiro atoms. The molecular formula is C27H36O12. The number of benzene rings is 2. The van der Waals surface area contributed by atoms with Gasteiger partial charge in [-0.3, -0.25) is 0 Å². The Bertz CT molecular complexity index is 1110. The van der Waals surface area contributed by atoms with Crippen molar-refractivity contribution in [3.8, 4) is 28.7 Å². The lowest BCUT2D eigenvalue weighted by molar-refractivity contribution is -0.304. The fraction of sp³-hybridized carbons (Fsp3) is 0.556. The van der Waals surface area contributed by atoms with Gasteiger partial charge in [0.15, 0.2) is 29.3 Å². The first-order valence-electron chi connectivity index (χ1n) is 12.6. The van der Waals surface area contributed by atoms with E-state index in [1.54, 1.807) is 24.3 Å². The van der Waals surface area contributed by atoms with Crippen LogP contribution in [-0.2, 0) is 15.9 Å². The van der Waals surface area contributed by atoms with E-state index in [-0.39, 0.29) is 47.9 Å². The van der Waals surface area contributed by atoms with Gasteiger partial charge in [-0.2, -0.15) is 0 Å². The zero-order chi connectivity index (χ0) is 28.4. The van der Waals surface area contributed by atoms with Gasteiger partial charge in [-0.25, -0.2) is 0 Å². The first kappa shape index (κ1) is 29.2. The molecule has 1 aliphatic carbocycles. The average molecular weight is 553 g/mol. The quantitative estimate of drug-likeness (QED) is 0.218. The molecule has 0 radical (unpaired) electrons. The summed E-state index contributed by atoms with van der Waals surface area (Å²) in [6, 6.07) is 6.56. The third-order valence-corrected chi connectivity index (χ3v) is 7.69. The van der Waals surface area contributed by atoms with Gasteiger partial charge in [0.25, 0.3) is 0 Å². The highest BCUT2D eigenvalue weighted by molar-refractivity contribution is 5.57. The van der Waals surface area contributed by atoms with Crippen molar-refractivity contribution in [2.24, 2.45) is 11.8 Å². The number of aliphatic hydroxyl groups excluding tert-OH is 5. The Hall–Kier alpha value is -2.84. The van der Waals surface area contributed by atoms with Crippen molar-refractivity contribution in [1.82, 2.24) is 0 Å². The molecule has 2 aromatic carbocycles. The maximum Gasteiger partial charge on any atom is 0.200 e. The molecule has 12 heteroatoms. The van der Waals surface area contributed by atoms with E-state index in [0.717, 1.165) is 11.1 Å². The predicted molar refractivity (Wildman–Crippen MR) is 135 cm³/mol. The summed E-state index contributed by atoms with van der Waals surface area (Å²) in [5.74, 6) is -1.06. The zero-order valence-corrected chi connectivity index (χ0v) is 21.9. The first-order chi connectivity index (χ1) is 18.7. The van der Waals surface area contributed by atoms with E-state index in [1.807, 2.05) is 0 Å². The van der Waals surface area contributed by atoms with Crippen molar-refractivity contribution in [2.45, 2.75) is 43.0 Å². The Labute approximate surface area is 225 Å². The molecule has 0 amide bonds. The molecule has 0 saturated carbocycles. The van der Waals surface area contributed by atoms with Crippen LogP contribution >= 0.6 is 0 Å². The number of fused-ring (bicyclic) bond motifs is 1. The fourth-order valence-corrected chi connectivity index (χ4v) is 5.56. The SMILES string of the molecule is COc1cc2c(cc1O)[C@H](c1cc(OC)c(O)c(OC)c1)[C@@H](CO[C@@H]1O[C@H](CO)[C@@H](O)[C@H](O)[C@H]1O)[C@H](CO)C2. The van der Waals surface area contributed by atoms with Crippen LogP contribution < -0.4 is 14.2 Å². The number of ether oxygens (including phenoxy) is 5. The zero-order valence-electron chi connectivity index (χ0n) is 21.9. The minimum absolute atomic E-state index is 0.0870. The van der Waals surface area contributed by atoms with Crippen LogP contribution in [0.25, 0.3) is 0 Å². The Morgan fingerprint density at radius 1 is 0.821 bits per heavy atom. The summed E-state index contributed by atoms with van der Waals surface area (Å²) in [4.78, 5) is 0. The summed E-state index contributed by atoms with van der Waals surface area (Å²) in [6.45, 7) is -0.914. The van der Waals surface area contributed by atoms with Crippen LogP contribution in [0.15, 0.2) is 24.3 Å². The van der Waals surface area contributed by atoms with Crippen LogP contribution in [0.1, 0.15) is 22.6 Å². The first-order valence-corrected chi connectivity index (χ1v) is 12.6. The van der Waals surface area contributed by atoms with Gasteiger partial charge >= 0.3 is 0 Å². The smallest absolute Gasteiger partial charge is 0.200 e. The molecule has 4 rings (SSSR count). The average Bonchev–Trinajstić information content (AvgIpc) is 2.94. The highest BCUT2D eigenvalue weighted by atomic mass is 16.7. The second kappa shape index (κ2) is 12.1. The number of hydrogen-bond donors (Lipinski definition) is 7. The van der Waals surface area contributed by atoms with Crippen LogP contribution in [0.2, 0.25) is 0 Å². The number of aliphatic hydroxyl groups is 5. The molecular weight excluding hydrogens is 516 g/mol. The molecule has 1 fully saturated rings. The van der Waals surface area contributed by atoms with Gasteiger partial charge in [-0.15, -0.1) is 0 Å². The maximum atomic E-state index is 10.6. The summed E-state index contributed by atoms with van der Waals surface area (Å²) in [7, 11) is 4.25. The fourth-order valence-electron chi connectivity index (χ4n) is 5.56. The predicted octanol–water partition coefficient (Wildman–Crippen LogP) is -0.147. The topological polar surface area (TPSA) is 188 Å². The molecule has 2 aromatic rings. The molecule has 1 heterocycles. The molecule has 0 unspecified atom stereocenters. The van der Waals surface area contributed by atoms with Crippen LogP contribution in [-0.4, -0.2) is 108 Å². The van der Waals surface area contributed by atoms with Crippen molar-refractivity contribution in [1.29, 1.82) is 0 Å². The Morgan fingerprint density at radius 3 is 2.03 bits per heavy atom. The summed E-state index contributed by atoms with van der Waals surface area (Å²) >= 11 is 0. The molecule has 0 bridgehead atoms. The minimum Gasteiger partial charge on any atom is -0.504 e. The van der Waals surface area contributed by atoms with E-state index in [4.69, 9.17) is 23.7 Å². The van der Waals surface area contributed by atoms with Crippen LogP contribution in [0.4, 0.5) is 0 Å². The van der Waals surface area contributed by atoms with Crippen LogP contribution in [0.3, 0.4) is 0 Å². The number of rotatable bonds is 9. The maximum absolute atomic E-state index is 10.6. The molecule has 2 aliphatic rings. The normalized spacial score (nSPS) is 30.5. The molecule has 216 valence electrons. The highest BCUT2D eigenvalue weighted by Gasteiger charge is 2.45. The van der Waals surface area contributed by atoms with Gasteiger partial charge in [0.05, 0.1) is 34.5 Å². The minimum atomic E-state index is -1.60. The Balaban J connectivity index is 1.78. The van der Waals surface area contributed by atoms with Crippen molar-refractivity contribution in [2.75, 3.05) is 41.2 Å². The molecule has 0 aromatic heterocycles. The summed E-state index contributed by atoms with van der Waals surface area (Å²) < 4.78 is 27.5. The standard InChI is InChI=1S/C27H36O12/c1-35-18-5-12-4-14(9-28)16(11-38-27-26(34)25(33)24(32)21(10-29)39-27)22(15(12)8-17(18)30)13-6-19(36-2)23(31)20(7-13)37-3/h5-8,14,16,21-22,24-34H,4,9-11H2,1-3H3/t14-,16-,21+,22-,24+,25-,26+,27+/m0/s1. The summed E-state index contributed by atoms with van der Waals surface area (Å²) in [5, 5.41) is 71.8. The number of hydrogen-bond acceptors (Lipinski definition) is 12. The number of aromatic hydroxyl groups is 2. The third-order valence-electron chi connectivity index (χ3n) is 7.69. The van der Waals surface area contributed by atoms with Gasteiger partial charge in [-0.05, 0) is 59.2 Å². The molecule has 1 saturated heterocycles. The van der Waals surface area contributed by atoms with Crippen LogP contribution in [0.5, 0.6) is 28.7 Å². The molecule has 39 heavy (non-hydrogen) atoms. The monoisotopic (exact) mass is 552 g/mol. The van der Waals surface area contributed by atoms with Gasteiger partial charge < -0.3 is 59.4 Å².